The first-order valence-electron chi connectivity index (χ1n) is 5.50. The zero-order valence-corrected chi connectivity index (χ0v) is 10.1. The lowest BCUT2D eigenvalue weighted by atomic mass is 10.3. The Hall–Kier alpha value is -2.02. The summed E-state index contributed by atoms with van der Waals surface area (Å²) in [6.07, 6.45) is 5.10. The number of carboxylic acids is 1. The van der Waals surface area contributed by atoms with Crippen LogP contribution in [-0.2, 0) is 0 Å². The van der Waals surface area contributed by atoms with Crippen LogP contribution < -0.4 is 5.32 Å². The molecule has 18 heavy (non-hydrogen) atoms. The minimum absolute atomic E-state index is 0.0843. The van der Waals surface area contributed by atoms with Crippen molar-refractivity contribution < 1.29 is 9.90 Å². The van der Waals surface area contributed by atoms with Gasteiger partial charge in [0, 0.05) is 11.3 Å². The number of thiazole rings is 1. The third-order valence-electron chi connectivity index (χ3n) is 2.61. The van der Waals surface area contributed by atoms with Crippen molar-refractivity contribution in [3.63, 3.8) is 0 Å². The average Bonchev–Trinajstić information content (AvgIpc) is 3.11. The zero-order valence-electron chi connectivity index (χ0n) is 9.33. The smallest absolute Gasteiger partial charge is 0.356 e. The van der Waals surface area contributed by atoms with Gasteiger partial charge in [-0.25, -0.2) is 14.8 Å². The van der Waals surface area contributed by atoms with Crippen molar-refractivity contribution in [3.05, 3.63) is 29.2 Å². The summed E-state index contributed by atoms with van der Waals surface area (Å²) in [4.78, 5) is 23.0. The summed E-state index contributed by atoms with van der Waals surface area (Å²) in [6, 6.07) is 0. The van der Waals surface area contributed by atoms with Crippen molar-refractivity contribution in [2.45, 2.75) is 18.8 Å². The van der Waals surface area contributed by atoms with Crippen LogP contribution in [0.3, 0.4) is 0 Å². The van der Waals surface area contributed by atoms with Crippen LogP contribution >= 0.6 is 11.3 Å². The Morgan fingerprint density at radius 1 is 1.39 bits per heavy atom. The molecule has 2 aromatic heterocycles. The number of rotatable bonds is 4. The number of nitrogens with zero attached hydrogens (tertiary/aromatic N) is 3. The molecule has 3 rings (SSSR count). The maximum Gasteiger partial charge on any atom is 0.356 e. The molecule has 0 radical (unpaired) electrons. The molecule has 0 aliphatic heterocycles. The fraction of sp³-hybridized carbons (Fsp3) is 0.273. The largest absolute Gasteiger partial charge is 0.476 e. The lowest BCUT2D eigenvalue weighted by molar-refractivity contribution is 0.0690. The molecule has 0 aromatic carbocycles. The maximum atomic E-state index is 10.8. The molecule has 0 saturated heterocycles. The third-order valence-corrected chi connectivity index (χ3v) is 3.38. The monoisotopic (exact) mass is 262 g/mol. The van der Waals surface area contributed by atoms with E-state index in [4.69, 9.17) is 5.11 Å². The molecule has 7 heteroatoms. The lowest BCUT2D eigenvalue weighted by Gasteiger charge is -2.01. The number of nitrogens with one attached hydrogen (secondary N) is 1. The van der Waals surface area contributed by atoms with E-state index < -0.39 is 5.97 Å². The van der Waals surface area contributed by atoms with Crippen molar-refractivity contribution in [2.24, 2.45) is 0 Å². The van der Waals surface area contributed by atoms with E-state index in [0.717, 1.165) is 5.69 Å². The minimum atomic E-state index is -1.09. The van der Waals surface area contributed by atoms with Crippen LogP contribution in [0.2, 0.25) is 0 Å². The number of hydrogen-bond acceptors (Lipinski definition) is 6. The lowest BCUT2D eigenvalue weighted by Crippen LogP contribution is -2.03. The predicted octanol–water partition coefficient (Wildman–Crippen LogP) is 2.25. The number of hydrogen-bond donors (Lipinski definition) is 2. The highest BCUT2D eigenvalue weighted by Gasteiger charge is 2.26. The van der Waals surface area contributed by atoms with Gasteiger partial charge < -0.3 is 10.4 Å². The van der Waals surface area contributed by atoms with Crippen LogP contribution in [0.4, 0.5) is 10.9 Å². The molecule has 2 aromatic rings. The van der Waals surface area contributed by atoms with Gasteiger partial charge in [-0.15, -0.1) is 11.3 Å². The van der Waals surface area contributed by atoms with Gasteiger partial charge in [0.1, 0.15) is 0 Å². The first kappa shape index (κ1) is 11.1. The molecule has 0 spiro atoms. The van der Waals surface area contributed by atoms with Crippen molar-refractivity contribution in [3.8, 4) is 0 Å². The van der Waals surface area contributed by atoms with Crippen LogP contribution in [0.25, 0.3) is 0 Å². The van der Waals surface area contributed by atoms with Crippen molar-refractivity contribution >= 4 is 28.3 Å². The van der Waals surface area contributed by atoms with Crippen molar-refractivity contribution in [2.75, 3.05) is 5.32 Å². The first-order chi connectivity index (χ1) is 8.72. The number of aromatic nitrogens is 3. The normalized spacial score (nSPS) is 14.4. The highest BCUT2D eigenvalue weighted by Crippen LogP contribution is 2.41. The molecule has 6 nitrogen and oxygen atoms in total. The van der Waals surface area contributed by atoms with Gasteiger partial charge in [0.25, 0.3) is 0 Å². The Labute approximate surface area is 107 Å². The summed E-state index contributed by atoms with van der Waals surface area (Å²) < 4.78 is 0. The predicted molar refractivity (Wildman–Crippen MR) is 66.4 cm³/mol. The van der Waals surface area contributed by atoms with Crippen LogP contribution in [0.1, 0.15) is 34.9 Å². The second-order valence-corrected chi connectivity index (χ2v) is 4.93. The highest BCUT2D eigenvalue weighted by atomic mass is 32.1. The molecule has 0 bridgehead atoms. The van der Waals surface area contributed by atoms with Gasteiger partial charge in [-0.2, -0.15) is 0 Å². The van der Waals surface area contributed by atoms with Gasteiger partial charge in [-0.1, -0.05) is 0 Å². The Morgan fingerprint density at radius 3 is 2.94 bits per heavy atom. The number of aromatic carboxylic acids is 1. The van der Waals surface area contributed by atoms with Gasteiger partial charge >= 0.3 is 5.97 Å². The summed E-state index contributed by atoms with van der Waals surface area (Å²) in [5.41, 5.74) is 1.02. The van der Waals surface area contributed by atoms with E-state index in [1.165, 1.54) is 36.6 Å². The van der Waals surface area contributed by atoms with E-state index >= 15 is 0 Å². The van der Waals surface area contributed by atoms with Crippen LogP contribution in [0.15, 0.2) is 17.8 Å². The van der Waals surface area contributed by atoms with Crippen LogP contribution in [-0.4, -0.2) is 26.0 Å². The second kappa shape index (κ2) is 4.34. The molecular weight excluding hydrogens is 252 g/mol. The van der Waals surface area contributed by atoms with E-state index in [0.29, 0.717) is 16.9 Å². The molecular formula is C11H10N4O2S. The molecule has 1 fully saturated rings. The summed E-state index contributed by atoms with van der Waals surface area (Å²) in [6.45, 7) is 0. The van der Waals surface area contributed by atoms with E-state index in [-0.39, 0.29) is 5.69 Å². The summed E-state index contributed by atoms with van der Waals surface area (Å²) in [5.74, 6) is -0.0937. The molecule has 0 atom stereocenters. The quantitative estimate of drug-likeness (QED) is 0.878. The van der Waals surface area contributed by atoms with Gasteiger partial charge in [-0.05, 0) is 12.8 Å². The molecule has 1 aliphatic carbocycles. The van der Waals surface area contributed by atoms with Crippen molar-refractivity contribution in [1.29, 1.82) is 0 Å². The summed E-state index contributed by atoms with van der Waals surface area (Å²) >= 11 is 1.49. The minimum Gasteiger partial charge on any atom is -0.476 e. The van der Waals surface area contributed by atoms with Gasteiger partial charge in [0.05, 0.1) is 18.1 Å². The average molecular weight is 262 g/mol. The summed E-state index contributed by atoms with van der Waals surface area (Å²) in [7, 11) is 0. The molecule has 1 saturated carbocycles. The first-order valence-corrected chi connectivity index (χ1v) is 6.38. The fourth-order valence-electron chi connectivity index (χ4n) is 1.55. The molecule has 2 N–H and O–H groups in total. The van der Waals surface area contributed by atoms with Gasteiger partial charge in [0.2, 0.25) is 0 Å². The van der Waals surface area contributed by atoms with Gasteiger partial charge in [0.15, 0.2) is 16.6 Å². The number of carboxylic acid groups (broad SMARTS) is 1. The topological polar surface area (TPSA) is 88.0 Å². The molecule has 92 valence electrons. The van der Waals surface area contributed by atoms with Crippen LogP contribution in [0.5, 0.6) is 0 Å². The van der Waals surface area contributed by atoms with E-state index in [2.05, 4.69) is 20.3 Å². The Bertz CT molecular complexity index is 594. The molecule has 0 amide bonds. The molecule has 0 unspecified atom stereocenters. The van der Waals surface area contributed by atoms with E-state index in [9.17, 15) is 4.79 Å². The second-order valence-electron chi connectivity index (χ2n) is 4.07. The Morgan fingerprint density at radius 2 is 2.22 bits per heavy atom. The van der Waals surface area contributed by atoms with E-state index in [1.54, 1.807) is 0 Å². The fourth-order valence-corrected chi connectivity index (χ4v) is 2.35. The standard InChI is InChI=1S/C11H10N4O2S/c16-10(17)7-3-12-4-9(13-7)15-11-14-8(5-18-11)6-1-2-6/h3-6H,1-2H2,(H,16,17)(H,13,14,15). The highest BCUT2D eigenvalue weighted by molar-refractivity contribution is 7.13. The Balaban J connectivity index is 1.78. The maximum absolute atomic E-state index is 10.8. The van der Waals surface area contributed by atoms with Crippen molar-refractivity contribution in [1.82, 2.24) is 15.0 Å². The molecule has 2 heterocycles. The van der Waals surface area contributed by atoms with Crippen LogP contribution in [0, 0.1) is 0 Å². The third kappa shape index (κ3) is 2.30. The van der Waals surface area contributed by atoms with Gasteiger partial charge in [-0.3, -0.25) is 4.98 Å². The summed E-state index contributed by atoms with van der Waals surface area (Å²) in [5, 5.41) is 14.5. The number of carbonyl (C=O) groups is 1. The number of anilines is 2. The molecule has 1 aliphatic rings. The zero-order chi connectivity index (χ0) is 12.5. The SMILES string of the molecule is O=C(O)c1cncc(Nc2nc(C3CC3)cs2)n1. The van der Waals surface area contributed by atoms with E-state index in [1.807, 2.05) is 5.38 Å². The Kier molecular flexibility index (Phi) is 2.67.